The molecule has 78 valence electrons. The largest absolute Gasteiger partial charge is 0.280 e. The summed E-state index contributed by atoms with van der Waals surface area (Å²) in [5.74, 6) is 0. The van der Waals surface area contributed by atoms with E-state index >= 15 is 0 Å². The molecule has 0 N–H and O–H groups in total. The van der Waals surface area contributed by atoms with Gasteiger partial charge in [0.05, 0.1) is 5.56 Å². The second-order valence-corrected chi connectivity index (χ2v) is 3.45. The van der Waals surface area contributed by atoms with Crippen LogP contribution in [0.1, 0.15) is 11.3 Å². The van der Waals surface area contributed by atoms with Gasteiger partial charge in [0.2, 0.25) is 0 Å². The van der Waals surface area contributed by atoms with Gasteiger partial charge in [0.1, 0.15) is 6.07 Å². The second kappa shape index (κ2) is 4.03. The third-order valence-electron chi connectivity index (χ3n) is 2.47. The van der Waals surface area contributed by atoms with Crippen molar-refractivity contribution in [2.24, 2.45) is 0 Å². The van der Waals surface area contributed by atoms with Gasteiger partial charge in [0, 0.05) is 17.4 Å². The smallest absolute Gasteiger partial charge is 0.255 e. The molecule has 0 saturated carbocycles. The lowest BCUT2D eigenvalue weighted by atomic mass is 10.2. The maximum atomic E-state index is 11.8. The first kappa shape index (κ1) is 10.2. The van der Waals surface area contributed by atoms with Gasteiger partial charge in [-0.25, -0.2) is 0 Å². The lowest BCUT2D eigenvalue weighted by Crippen LogP contribution is -2.20. The number of rotatable bonds is 1. The van der Waals surface area contributed by atoms with Gasteiger partial charge in [-0.1, -0.05) is 18.2 Å². The average molecular weight is 210 g/mol. The van der Waals surface area contributed by atoms with Crippen LogP contribution in [0.2, 0.25) is 0 Å². The van der Waals surface area contributed by atoms with Gasteiger partial charge in [-0.3, -0.25) is 9.36 Å². The van der Waals surface area contributed by atoms with Crippen LogP contribution < -0.4 is 5.56 Å². The standard InChI is InChI=1S/C13H10N2O/c1-10-11(9-14)7-8-13(16)15(10)12-5-3-2-4-6-12/h2-8H,1H3. The SMILES string of the molecule is Cc1c(C#N)ccc(=O)n1-c1ccccc1. The maximum Gasteiger partial charge on any atom is 0.255 e. The Balaban J connectivity index is 2.76. The van der Waals surface area contributed by atoms with E-state index in [0.29, 0.717) is 11.3 Å². The number of hydrogen-bond acceptors (Lipinski definition) is 2. The Morgan fingerprint density at radius 2 is 1.81 bits per heavy atom. The van der Waals surface area contributed by atoms with Crippen LogP contribution in [0.25, 0.3) is 5.69 Å². The molecule has 0 radical (unpaired) electrons. The van der Waals surface area contributed by atoms with Gasteiger partial charge in [-0.05, 0) is 25.1 Å². The maximum absolute atomic E-state index is 11.8. The van der Waals surface area contributed by atoms with Gasteiger partial charge < -0.3 is 0 Å². The van der Waals surface area contributed by atoms with Crippen molar-refractivity contribution >= 4 is 0 Å². The minimum Gasteiger partial charge on any atom is -0.280 e. The quantitative estimate of drug-likeness (QED) is 0.722. The highest BCUT2D eigenvalue weighted by molar-refractivity contribution is 5.40. The van der Waals surface area contributed by atoms with Crippen LogP contribution in [0.5, 0.6) is 0 Å². The molecule has 0 saturated heterocycles. The molecule has 0 amide bonds. The normalized spacial score (nSPS) is 9.75. The Kier molecular flexibility index (Phi) is 2.57. The molecule has 0 aliphatic rings. The highest BCUT2D eigenvalue weighted by Crippen LogP contribution is 2.10. The first-order valence-electron chi connectivity index (χ1n) is 4.92. The van der Waals surface area contributed by atoms with Gasteiger partial charge in [-0.15, -0.1) is 0 Å². The van der Waals surface area contributed by atoms with E-state index in [1.165, 1.54) is 6.07 Å². The fourth-order valence-electron chi connectivity index (χ4n) is 1.65. The Morgan fingerprint density at radius 3 is 2.44 bits per heavy atom. The second-order valence-electron chi connectivity index (χ2n) is 3.45. The number of aromatic nitrogens is 1. The monoisotopic (exact) mass is 210 g/mol. The van der Waals surface area contributed by atoms with Crippen molar-refractivity contribution in [1.29, 1.82) is 5.26 Å². The third-order valence-corrected chi connectivity index (χ3v) is 2.47. The summed E-state index contributed by atoms with van der Waals surface area (Å²) in [7, 11) is 0. The summed E-state index contributed by atoms with van der Waals surface area (Å²) < 4.78 is 1.54. The molecule has 0 aliphatic carbocycles. The molecule has 3 nitrogen and oxygen atoms in total. The van der Waals surface area contributed by atoms with E-state index < -0.39 is 0 Å². The van der Waals surface area contributed by atoms with Crippen LogP contribution in [0, 0.1) is 18.3 Å². The van der Waals surface area contributed by atoms with Crippen molar-refractivity contribution in [3.63, 3.8) is 0 Å². The molecule has 0 fully saturated rings. The summed E-state index contributed by atoms with van der Waals surface area (Å²) in [5.41, 5.74) is 1.84. The van der Waals surface area contributed by atoms with Gasteiger partial charge in [0.25, 0.3) is 5.56 Å². The Morgan fingerprint density at radius 1 is 1.12 bits per heavy atom. The van der Waals surface area contributed by atoms with Crippen LogP contribution >= 0.6 is 0 Å². The molecule has 2 aromatic rings. The summed E-state index contributed by atoms with van der Waals surface area (Å²) in [5, 5.41) is 8.92. The number of pyridine rings is 1. The summed E-state index contributed by atoms with van der Waals surface area (Å²) in [4.78, 5) is 11.8. The molecule has 0 atom stereocenters. The molecule has 2 rings (SSSR count). The zero-order valence-electron chi connectivity index (χ0n) is 8.84. The fourth-order valence-corrected chi connectivity index (χ4v) is 1.65. The van der Waals surface area contributed by atoms with Crippen molar-refractivity contribution in [3.05, 3.63) is 64.1 Å². The van der Waals surface area contributed by atoms with Crippen molar-refractivity contribution in [3.8, 4) is 11.8 Å². The average Bonchev–Trinajstić information content (AvgIpc) is 2.31. The van der Waals surface area contributed by atoms with E-state index in [4.69, 9.17) is 5.26 Å². The van der Waals surface area contributed by atoms with Crippen LogP contribution in [-0.4, -0.2) is 4.57 Å². The minimum absolute atomic E-state index is 0.122. The van der Waals surface area contributed by atoms with E-state index in [-0.39, 0.29) is 5.56 Å². The van der Waals surface area contributed by atoms with E-state index in [1.54, 1.807) is 17.6 Å². The Bertz CT molecular complexity index is 606. The molecule has 0 unspecified atom stereocenters. The van der Waals surface area contributed by atoms with Crippen molar-refractivity contribution in [2.75, 3.05) is 0 Å². The summed E-state index contributed by atoms with van der Waals surface area (Å²) in [6, 6.07) is 14.3. The number of nitrogens with zero attached hydrogens (tertiary/aromatic N) is 2. The highest BCUT2D eigenvalue weighted by atomic mass is 16.1. The molecule has 1 aromatic carbocycles. The number of nitriles is 1. The number of benzene rings is 1. The van der Waals surface area contributed by atoms with E-state index in [9.17, 15) is 4.79 Å². The van der Waals surface area contributed by atoms with Crippen molar-refractivity contribution in [1.82, 2.24) is 4.57 Å². The summed E-state index contributed by atoms with van der Waals surface area (Å²) in [6.45, 7) is 1.77. The van der Waals surface area contributed by atoms with Crippen LogP contribution in [0.3, 0.4) is 0 Å². The first-order valence-corrected chi connectivity index (χ1v) is 4.92. The van der Waals surface area contributed by atoms with Crippen LogP contribution in [0.15, 0.2) is 47.3 Å². The topological polar surface area (TPSA) is 45.8 Å². The fraction of sp³-hybridized carbons (Fsp3) is 0.0769. The zero-order valence-corrected chi connectivity index (χ0v) is 8.84. The molecular formula is C13H10N2O. The van der Waals surface area contributed by atoms with Crippen LogP contribution in [-0.2, 0) is 0 Å². The molecule has 3 heteroatoms. The minimum atomic E-state index is -0.122. The lowest BCUT2D eigenvalue weighted by Gasteiger charge is -2.10. The molecular weight excluding hydrogens is 200 g/mol. The molecule has 0 aliphatic heterocycles. The number of para-hydroxylation sites is 1. The predicted octanol–water partition coefficient (Wildman–Crippen LogP) is 2.02. The highest BCUT2D eigenvalue weighted by Gasteiger charge is 2.06. The van der Waals surface area contributed by atoms with Gasteiger partial charge >= 0.3 is 0 Å². The van der Waals surface area contributed by atoms with Crippen molar-refractivity contribution in [2.45, 2.75) is 6.92 Å². The summed E-state index contributed by atoms with van der Waals surface area (Å²) >= 11 is 0. The molecule has 0 spiro atoms. The number of hydrogen-bond donors (Lipinski definition) is 0. The van der Waals surface area contributed by atoms with Crippen LogP contribution in [0.4, 0.5) is 0 Å². The third kappa shape index (κ3) is 1.61. The van der Waals surface area contributed by atoms with Gasteiger partial charge in [0.15, 0.2) is 0 Å². The predicted molar refractivity (Wildman–Crippen MR) is 61.5 cm³/mol. The van der Waals surface area contributed by atoms with Gasteiger partial charge in [-0.2, -0.15) is 5.26 Å². The molecule has 1 heterocycles. The first-order chi connectivity index (χ1) is 7.74. The van der Waals surface area contributed by atoms with E-state index in [1.807, 2.05) is 30.3 Å². The van der Waals surface area contributed by atoms with Crippen molar-refractivity contribution < 1.29 is 0 Å². The van der Waals surface area contributed by atoms with E-state index in [2.05, 4.69) is 6.07 Å². The lowest BCUT2D eigenvalue weighted by molar-refractivity contribution is 0.928. The van der Waals surface area contributed by atoms with E-state index in [0.717, 1.165) is 5.69 Å². The summed E-state index contributed by atoms with van der Waals surface area (Å²) in [6.07, 6.45) is 0. The molecule has 1 aromatic heterocycles. The molecule has 16 heavy (non-hydrogen) atoms. The molecule has 0 bridgehead atoms. The Labute approximate surface area is 93.2 Å². The Hall–Kier alpha value is -2.34. The zero-order chi connectivity index (χ0) is 11.5.